The van der Waals surface area contributed by atoms with Crippen molar-refractivity contribution in [3.8, 4) is 0 Å². The number of nitrogens with zero attached hydrogens (tertiary/aromatic N) is 3. The van der Waals surface area contributed by atoms with E-state index < -0.39 is 0 Å². The van der Waals surface area contributed by atoms with Crippen LogP contribution in [0.4, 0.5) is 5.13 Å². The SMILES string of the molecule is Cc1ccc(CC(=O)N(CCCN2CCOCC2)c2nc3c(C)ccc(Cl)c3s2)c(C)c1. The summed E-state index contributed by atoms with van der Waals surface area (Å²) in [6.45, 7) is 11.2. The molecule has 0 unspecified atom stereocenters. The summed E-state index contributed by atoms with van der Waals surface area (Å²) >= 11 is 7.95. The van der Waals surface area contributed by atoms with E-state index in [-0.39, 0.29) is 5.91 Å². The van der Waals surface area contributed by atoms with Crippen molar-refractivity contribution < 1.29 is 9.53 Å². The fourth-order valence-electron chi connectivity index (χ4n) is 4.11. The van der Waals surface area contributed by atoms with Gasteiger partial charge in [0, 0.05) is 26.2 Å². The van der Waals surface area contributed by atoms with Crippen molar-refractivity contribution >= 4 is 44.2 Å². The number of ether oxygens (including phenoxy) is 1. The van der Waals surface area contributed by atoms with Gasteiger partial charge in [0.1, 0.15) is 0 Å². The molecule has 4 rings (SSSR count). The first kappa shape index (κ1) is 23.2. The Balaban J connectivity index is 1.57. The molecule has 5 nitrogen and oxygen atoms in total. The summed E-state index contributed by atoms with van der Waals surface area (Å²) in [5, 5.41) is 1.41. The Kier molecular flexibility index (Phi) is 7.46. The molecular weight excluding hydrogens is 442 g/mol. The maximum Gasteiger partial charge on any atom is 0.233 e. The normalized spacial score (nSPS) is 14.8. The molecule has 0 spiro atoms. The zero-order chi connectivity index (χ0) is 22.7. The van der Waals surface area contributed by atoms with Crippen molar-refractivity contribution in [2.24, 2.45) is 0 Å². The number of halogens is 1. The van der Waals surface area contributed by atoms with Gasteiger partial charge in [-0.1, -0.05) is 52.8 Å². The average molecular weight is 472 g/mol. The molecular formula is C25H30ClN3O2S. The number of thiazole rings is 1. The number of hydrogen-bond acceptors (Lipinski definition) is 5. The number of anilines is 1. The van der Waals surface area contributed by atoms with Gasteiger partial charge in [0.25, 0.3) is 0 Å². The highest BCUT2D eigenvalue weighted by molar-refractivity contribution is 7.23. The van der Waals surface area contributed by atoms with Crippen LogP contribution >= 0.6 is 22.9 Å². The van der Waals surface area contributed by atoms with E-state index in [0.29, 0.717) is 18.0 Å². The zero-order valence-corrected chi connectivity index (χ0v) is 20.6. The maximum absolute atomic E-state index is 13.5. The van der Waals surface area contributed by atoms with Crippen LogP contribution in [0.5, 0.6) is 0 Å². The molecule has 1 amide bonds. The van der Waals surface area contributed by atoms with E-state index in [1.165, 1.54) is 16.9 Å². The van der Waals surface area contributed by atoms with E-state index in [9.17, 15) is 4.79 Å². The molecule has 0 radical (unpaired) electrons. The lowest BCUT2D eigenvalue weighted by atomic mass is 10.0. The minimum absolute atomic E-state index is 0.0757. The second-order valence-corrected chi connectivity index (χ2v) is 9.88. The summed E-state index contributed by atoms with van der Waals surface area (Å²) in [5.74, 6) is 0.0757. The quantitative estimate of drug-likeness (QED) is 0.476. The Bertz CT molecular complexity index is 1070. The predicted molar refractivity (Wildman–Crippen MR) is 133 cm³/mol. The molecule has 1 aliphatic rings. The third-order valence-corrected chi connectivity index (χ3v) is 7.56. The zero-order valence-electron chi connectivity index (χ0n) is 19.0. The van der Waals surface area contributed by atoms with Crippen molar-refractivity contribution in [1.29, 1.82) is 0 Å². The van der Waals surface area contributed by atoms with E-state index in [4.69, 9.17) is 21.3 Å². The lowest BCUT2D eigenvalue weighted by Gasteiger charge is -2.27. The summed E-state index contributed by atoms with van der Waals surface area (Å²) in [6.07, 6.45) is 1.26. The fourth-order valence-corrected chi connectivity index (χ4v) is 5.47. The minimum atomic E-state index is 0.0757. The number of morpholine rings is 1. The number of fused-ring (bicyclic) bond motifs is 1. The summed E-state index contributed by atoms with van der Waals surface area (Å²) in [4.78, 5) is 22.6. The molecule has 32 heavy (non-hydrogen) atoms. The molecule has 1 fully saturated rings. The first-order chi connectivity index (χ1) is 15.4. The smallest absolute Gasteiger partial charge is 0.233 e. The van der Waals surface area contributed by atoms with Crippen molar-refractivity contribution in [3.05, 3.63) is 57.6 Å². The van der Waals surface area contributed by atoms with Crippen molar-refractivity contribution in [2.75, 3.05) is 44.3 Å². The third-order valence-electron chi connectivity index (χ3n) is 6.02. The van der Waals surface area contributed by atoms with E-state index in [1.807, 2.05) is 24.0 Å². The first-order valence-corrected chi connectivity index (χ1v) is 12.3. The van der Waals surface area contributed by atoms with Gasteiger partial charge >= 0.3 is 0 Å². The molecule has 0 bridgehead atoms. The van der Waals surface area contributed by atoms with Crippen LogP contribution in [0.3, 0.4) is 0 Å². The number of carbonyl (C=O) groups is 1. The highest BCUT2D eigenvalue weighted by atomic mass is 35.5. The Labute approximate surface area is 199 Å². The third kappa shape index (κ3) is 5.31. The first-order valence-electron chi connectivity index (χ1n) is 11.1. The maximum atomic E-state index is 13.5. The van der Waals surface area contributed by atoms with Crippen LogP contribution in [-0.2, 0) is 16.0 Å². The van der Waals surface area contributed by atoms with Crippen LogP contribution in [0, 0.1) is 20.8 Å². The molecule has 1 saturated heterocycles. The van der Waals surface area contributed by atoms with Gasteiger partial charge in [0.15, 0.2) is 5.13 Å². The second kappa shape index (κ2) is 10.3. The summed E-state index contributed by atoms with van der Waals surface area (Å²) in [6, 6.07) is 10.1. The van der Waals surface area contributed by atoms with Gasteiger partial charge in [-0.3, -0.25) is 14.6 Å². The molecule has 170 valence electrons. The molecule has 2 aromatic carbocycles. The number of aromatic nitrogens is 1. The van der Waals surface area contributed by atoms with Crippen molar-refractivity contribution in [3.63, 3.8) is 0 Å². The van der Waals surface area contributed by atoms with E-state index in [0.717, 1.165) is 71.3 Å². The summed E-state index contributed by atoms with van der Waals surface area (Å²) in [5.41, 5.74) is 5.37. The van der Waals surface area contributed by atoms with Gasteiger partial charge in [-0.15, -0.1) is 0 Å². The van der Waals surface area contributed by atoms with Crippen LogP contribution < -0.4 is 4.90 Å². The number of amides is 1. The number of rotatable bonds is 7. The monoisotopic (exact) mass is 471 g/mol. The number of benzene rings is 2. The highest BCUT2D eigenvalue weighted by Crippen LogP contribution is 2.36. The van der Waals surface area contributed by atoms with Gasteiger partial charge in [-0.05, 0) is 49.9 Å². The largest absolute Gasteiger partial charge is 0.379 e. The minimum Gasteiger partial charge on any atom is -0.379 e. The molecule has 1 aliphatic heterocycles. The Morgan fingerprint density at radius 3 is 2.66 bits per heavy atom. The van der Waals surface area contributed by atoms with E-state index >= 15 is 0 Å². The average Bonchev–Trinajstić information content (AvgIpc) is 3.23. The Morgan fingerprint density at radius 1 is 1.16 bits per heavy atom. The Morgan fingerprint density at radius 2 is 1.94 bits per heavy atom. The lowest BCUT2D eigenvalue weighted by Crippen LogP contribution is -2.39. The van der Waals surface area contributed by atoms with Crippen molar-refractivity contribution in [1.82, 2.24) is 9.88 Å². The van der Waals surface area contributed by atoms with Gasteiger partial charge in [0.2, 0.25) is 5.91 Å². The van der Waals surface area contributed by atoms with Crippen LogP contribution in [0.2, 0.25) is 5.02 Å². The van der Waals surface area contributed by atoms with Gasteiger partial charge in [0.05, 0.1) is 34.9 Å². The fraction of sp³-hybridized carbons (Fsp3) is 0.440. The molecule has 7 heteroatoms. The van der Waals surface area contributed by atoms with Gasteiger partial charge < -0.3 is 4.74 Å². The van der Waals surface area contributed by atoms with Crippen LogP contribution in [0.15, 0.2) is 30.3 Å². The number of aryl methyl sites for hydroxylation is 3. The predicted octanol–water partition coefficient (Wildman–Crippen LogP) is 5.17. The number of carbonyl (C=O) groups excluding carboxylic acids is 1. The summed E-state index contributed by atoms with van der Waals surface area (Å²) in [7, 11) is 0. The van der Waals surface area contributed by atoms with Crippen molar-refractivity contribution in [2.45, 2.75) is 33.6 Å². The van der Waals surface area contributed by atoms with E-state index in [1.54, 1.807) is 0 Å². The summed E-state index contributed by atoms with van der Waals surface area (Å²) < 4.78 is 6.39. The molecule has 0 saturated carbocycles. The van der Waals surface area contributed by atoms with Crippen LogP contribution in [0.25, 0.3) is 10.2 Å². The molecule has 0 aliphatic carbocycles. The highest BCUT2D eigenvalue weighted by Gasteiger charge is 2.22. The molecule has 3 aromatic rings. The lowest BCUT2D eigenvalue weighted by molar-refractivity contribution is -0.118. The molecule has 0 N–H and O–H groups in total. The molecule has 2 heterocycles. The van der Waals surface area contributed by atoms with Gasteiger partial charge in [-0.25, -0.2) is 4.98 Å². The van der Waals surface area contributed by atoms with Crippen LogP contribution in [0.1, 0.15) is 28.7 Å². The van der Waals surface area contributed by atoms with Crippen LogP contribution in [-0.4, -0.2) is 55.2 Å². The molecule has 0 atom stereocenters. The van der Waals surface area contributed by atoms with Gasteiger partial charge in [-0.2, -0.15) is 0 Å². The standard InChI is InChI=1S/C25H30ClN3O2S/c1-17-5-7-20(19(3)15-17)16-22(30)29(10-4-9-28-11-13-31-14-12-28)25-27-23-18(2)6-8-21(26)24(23)32-25/h5-8,15H,4,9-14,16H2,1-3H3. The molecule has 1 aromatic heterocycles. The number of hydrogen-bond donors (Lipinski definition) is 0. The second-order valence-electron chi connectivity index (χ2n) is 8.50. The Hall–Kier alpha value is -1.99. The topological polar surface area (TPSA) is 45.7 Å². The van der Waals surface area contributed by atoms with E-state index in [2.05, 4.69) is 36.9 Å².